The van der Waals surface area contributed by atoms with E-state index in [2.05, 4.69) is 9.47 Å². The van der Waals surface area contributed by atoms with Gasteiger partial charge in [0.1, 0.15) is 6.61 Å². The van der Waals surface area contributed by atoms with Crippen molar-refractivity contribution >= 4 is 5.91 Å². The van der Waals surface area contributed by atoms with Crippen LogP contribution in [-0.4, -0.2) is 38.8 Å². The molecule has 0 rings (SSSR count). The molecule has 0 aromatic heterocycles. The lowest BCUT2D eigenvalue weighted by Gasteiger charge is -2.14. The first-order chi connectivity index (χ1) is 6.11. The van der Waals surface area contributed by atoms with Gasteiger partial charge in [-0.05, 0) is 0 Å². The second kappa shape index (κ2) is 6.70. The fourth-order valence-corrected chi connectivity index (χ4v) is 0.633. The SMILES string of the molecule is COCC(OCC(F)F)C(=O)NN. The fourth-order valence-electron chi connectivity index (χ4n) is 0.633. The molecule has 0 aliphatic carbocycles. The molecule has 7 heteroatoms. The number of rotatable bonds is 6. The van der Waals surface area contributed by atoms with Crippen molar-refractivity contribution in [1.82, 2.24) is 5.43 Å². The lowest BCUT2D eigenvalue weighted by Crippen LogP contribution is -2.43. The number of nitrogens with two attached hydrogens (primary N) is 1. The van der Waals surface area contributed by atoms with E-state index in [4.69, 9.17) is 5.84 Å². The van der Waals surface area contributed by atoms with Gasteiger partial charge in [0.15, 0.2) is 6.10 Å². The third-order valence-electron chi connectivity index (χ3n) is 1.18. The number of methoxy groups -OCH3 is 1. The molecule has 1 atom stereocenters. The molecule has 0 fully saturated rings. The van der Waals surface area contributed by atoms with Crippen LogP contribution >= 0.6 is 0 Å². The molecule has 0 saturated carbocycles. The molecule has 0 aromatic carbocycles. The normalized spacial score (nSPS) is 13.0. The van der Waals surface area contributed by atoms with Crippen LogP contribution in [0.1, 0.15) is 0 Å². The molecule has 0 aromatic rings. The fraction of sp³-hybridized carbons (Fsp3) is 0.833. The summed E-state index contributed by atoms with van der Waals surface area (Å²) in [4.78, 5) is 10.8. The lowest BCUT2D eigenvalue weighted by molar-refractivity contribution is -0.139. The van der Waals surface area contributed by atoms with E-state index in [1.807, 2.05) is 0 Å². The summed E-state index contributed by atoms with van der Waals surface area (Å²) >= 11 is 0. The molecular weight excluding hydrogens is 186 g/mol. The zero-order chi connectivity index (χ0) is 10.3. The molecule has 0 saturated heterocycles. The Kier molecular flexibility index (Phi) is 6.29. The number of hydrogen-bond donors (Lipinski definition) is 2. The average molecular weight is 198 g/mol. The molecule has 3 N–H and O–H groups in total. The van der Waals surface area contributed by atoms with Gasteiger partial charge in [-0.15, -0.1) is 0 Å². The van der Waals surface area contributed by atoms with Crippen molar-refractivity contribution in [3.05, 3.63) is 0 Å². The van der Waals surface area contributed by atoms with E-state index in [1.54, 1.807) is 5.43 Å². The zero-order valence-corrected chi connectivity index (χ0v) is 7.13. The third kappa shape index (κ3) is 5.45. The van der Waals surface area contributed by atoms with Crippen LogP contribution in [0.2, 0.25) is 0 Å². The first kappa shape index (κ1) is 12.2. The van der Waals surface area contributed by atoms with Crippen molar-refractivity contribution in [2.45, 2.75) is 12.5 Å². The smallest absolute Gasteiger partial charge is 0.265 e. The Morgan fingerprint density at radius 3 is 2.54 bits per heavy atom. The summed E-state index contributed by atoms with van der Waals surface area (Å²) in [6, 6.07) is 0. The van der Waals surface area contributed by atoms with Crippen LogP contribution in [-0.2, 0) is 14.3 Å². The van der Waals surface area contributed by atoms with Gasteiger partial charge in [-0.3, -0.25) is 10.2 Å². The van der Waals surface area contributed by atoms with Gasteiger partial charge in [0, 0.05) is 7.11 Å². The second-order valence-corrected chi connectivity index (χ2v) is 2.18. The second-order valence-electron chi connectivity index (χ2n) is 2.18. The Labute approximate surface area is 74.1 Å². The van der Waals surface area contributed by atoms with Crippen LogP contribution in [0.3, 0.4) is 0 Å². The molecule has 0 radical (unpaired) electrons. The molecule has 5 nitrogen and oxygen atoms in total. The topological polar surface area (TPSA) is 73.6 Å². The molecule has 1 unspecified atom stereocenters. The van der Waals surface area contributed by atoms with Crippen LogP contribution in [0.5, 0.6) is 0 Å². The minimum Gasteiger partial charge on any atom is -0.381 e. The molecule has 0 bridgehead atoms. The maximum atomic E-state index is 11.7. The van der Waals surface area contributed by atoms with E-state index in [0.717, 1.165) is 0 Å². The summed E-state index contributed by atoms with van der Waals surface area (Å²) in [6.45, 7) is -0.933. The van der Waals surface area contributed by atoms with E-state index < -0.39 is 25.0 Å². The summed E-state index contributed by atoms with van der Waals surface area (Å²) in [7, 11) is 1.32. The first-order valence-electron chi connectivity index (χ1n) is 3.51. The third-order valence-corrected chi connectivity index (χ3v) is 1.18. The molecular formula is C6H12F2N2O3. The molecule has 1 amide bonds. The van der Waals surface area contributed by atoms with E-state index in [1.165, 1.54) is 7.11 Å². The minimum absolute atomic E-state index is 0.115. The van der Waals surface area contributed by atoms with Gasteiger partial charge in [0.2, 0.25) is 0 Å². The number of hydrogen-bond acceptors (Lipinski definition) is 4. The van der Waals surface area contributed by atoms with Gasteiger partial charge >= 0.3 is 0 Å². The Bertz CT molecular complexity index is 157. The minimum atomic E-state index is -2.62. The highest BCUT2D eigenvalue weighted by atomic mass is 19.3. The quantitative estimate of drug-likeness (QED) is 0.335. The molecule has 78 valence electrons. The zero-order valence-electron chi connectivity index (χ0n) is 7.13. The van der Waals surface area contributed by atoms with Gasteiger partial charge in [-0.25, -0.2) is 14.6 Å². The standard InChI is InChI=1S/C6H12F2N2O3/c1-12-2-4(6(11)10-9)13-3-5(7)8/h4-5H,2-3,9H2,1H3,(H,10,11). The number of hydrazine groups is 1. The molecule has 0 aliphatic heterocycles. The van der Waals surface area contributed by atoms with Crippen LogP contribution in [0.4, 0.5) is 8.78 Å². The van der Waals surface area contributed by atoms with Crippen molar-refractivity contribution in [2.24, 2.45) is 5.84 Å². The number of alkyl halides is 2. The number of amides is 1. The summed E-state index contributed by atoms with van der Waals surface area (Å²) in [5.41, 5.74) is 1.78. The van der Waals surface area contributed by atoms with Gasteiger partial charge < -0.3 is 9.47 Å². The van der Waals surface area contributed by atoms with E-state index in [9.17, 15) is 13.6 Å². The van der Waals surface area contributed by atoms with Crippen molar-refractivity contribution in [3.8, 4) is 0 Å². The van der Waals surface area contributed by atoms with Crippen molar-refractivity contribution < 1.29 is 23.0 Å². The highest BCUT2D eigenvalue weighted by Crippen LogP contribution is 1.98. The highest BCUT2D eigenvalue weighted by molar-refractivity contribution is 5.80. The van der Waals surface area contributed by atoms with Crippen LogP contribution in [0, 0.1) is 0 Å². The van der Waals surface area contributed by atoms with Gasteiger partial charge in [0.25, 0.3) is 12.3 Å². The lowest BCUT2D eigenvalue weighted by atomic mass is 10.3. The van der Waals surface area contributed by atoms with Crippen LogP contribution in [0.15, 0.2) is 0 Å². The van der Waals surface area contributed by atoms with Gasteiger partial charge in [-0.2, -0.15) is 0 Å². The predicted octanol–water partition coefficient (Wildman–Crippen LogP) is -0.727. The molecule has 13 heavy (non-hydrogen) atoms. The Morgan fingerprint density at radius 2 is 2.15 bits per heavy atom. The summed E-state index contributed by atoms with van der Waals surface area (Å²) in [6.07, 6.45) is -3.71. The average Bonchev–Trinajstić information content (AvgIpc) is 2.10. The number of nitrogens with one attached hydrogen (secondary N) is 1. The Morgan fingerprint density at radius 1 is 1.54 bits per heavy atom. The molecule has 0 aliphatic rings. The van der Waals surface area contributed by atoms with Gasteiger partial charge in [0.05, 0.1) is 6.61 Å². The van der Waals surface area contributed by atoms with E-state index in [0.29, 0.717) is 0 Å². The van der Waals surface area contributed by atoms with Crippen molar-refractivity contribution in [1.29, 1.82) is 0 Å². The monoisotopic (exact) mass is 198 g/mol. The summed E-state index contributed by atoms with van der Waals surface area (Å²) in [5, 5.41) is 0. The Hall–Kier alpha value is -0.790. The summed E-state index contributed by atoms with van der Waals surface area (Å²) in [5.74, 6) is 4.09. The van der Waals surface area contributed by atoms with E-state index >= 15 is 0 Å². The van der Waals surface area contributed by atoms with Crippen LogP contribution in [0.25, 0.3) is 0 Å². The maximum Gasteiger partial charge on any atom is 0.265 e. The first-order valence-corrected chi connectivity index (χ1v) is 3.51. The molecule has 0 spiro atoms. The van der Waals surface area contributed by atoms with E-state index in [-0.39, 0.29) is 6.61 Å². The summed E-state index contributed by atoms with van der Waals surface area (Å²) < 4.78 is 32.5. The Balaban J connectivity index is 3.86. The number of ether oxygens (including phenoxy) is 2. The van der Waals surface area contributed by atoms with Crippen LogP contribution < -0.4 is 11.3 Å². The van der Waals surface area contributed by atoms with Gasteiger partial charge in [-0.1, -0.05) is 0 Å². The highest BCUT2D eigenvalue weighted by Gasteiger charge is 2.19. The number of carbonyl (C=O) groups is 1. The number of carbonyl (C=O) groups excluding carboxylic acids is 1. The predicted molar refractivity (Wildman–Crippen MR) is 40.0 cm³/mol. The molecule has 0 heterocycles. The van der Waals surface area contributed by atoms with Crippen molar-refractivity contribution in [3.63, 3.8) is 0 Å². The van der Waals surface area contributed by atoms with Crippen molar-refractivity contribution in [2.75, 3.05) is 20.3 Å². The largest absolute Gasteiger partial charge is 0.381 e. The maximum absolute atomic E-state index is 11.7. The number of halogens is 2.